The normalized spacial score (nSPS) is 14.1. The lowest BCUT2D eigenvalue weighted by atomic mass is 10.1. The summed E-state index contributed by atoms with van der Waals surface area (Å²) in [4.78, 5) is 0. The van der Waals surface area contributed by atoms with E-state index in [0.717, 1.165) is 33.4 Å². The van der Waals surface area contributed by atoms with E-state index in [-0.39, 0.29) is 6.10 Å². The number of hydrogen-bond donors (Lipinski definition) is 0. The van der Waals surface area contributed by atoms with Crippen LogP contribution in [0.4, 0.5) is 0 Å². The SMILES string of the molecule is Cc1oc2c([C@H](C)OCC(C)(C)[SiH](C)C)cccc2c1Br. The van der Waals surface area contributed by atoms with Gasteiger partial charge < -0.3 is 9.15 Å². The fourth-order valence-electron chi connectivity index (χ4n) is 2.15. The van der Waals surface area contributed by atoms with Gasteiger partial charge in [-0.2, -0.15) is 0 Å². The summed E-state index contributed by atoms with van der Waals surface area (Å²) in [5.41, 5.74) is 2.07. The quantitative estimate of drug-likeness (QED) is 0.617. The molecule has 0 saturated heterocycles. The Morgan fingerprint density at radius 2 is 2.00 bits per heavy atom. The molecule has 21 heavy (non-hydrogen) atoms. The first-order valence-corrected chi connectivity index (χ1v) is 11.2. The lowest BCUT2D eigenvalue weighted by Crippen LogP contribution is -2.26. The van der Waals surface area contributed by atoms with Crippen LogP contribution in [0.5, 0.6) is 0 Å². The van der Waals surface area contributed by atoms with Crippen molar-refractivity contribution in [2.24, 2.45) is 0 Å². The number of fused-ring (bicyclic) bond motifs is 1. The minimum atomic E-state index is -0.742. The lowest BCUT2D eigenvalue weighted by molar-refractivity contribution is 0.0503. The fourth-order valence-corrected chi connectivity index (χ4v) is 2.97. The van der Waals surface area contributed by atoms with Gasteiger partial charge in [-0.15, -0.1) is 0 Å². The molecule has 0 bridgehead atoms. The van der Waals surface area contributed by atoms with Crippen LogP contribution in [0, 0.1) is 6.92 Å². The molecule has 116 valence electrons. The maximum Gasteiger partial charge on any atom is 0.141 e. The van der Waals surface area contributed by atoms with E-state index in [1.54, 1.807) is 0 Å². The number of rotatable bonds is 5. The summed E-state index contributed by atoms with van der Waals surface area (Å²) >= 11 is 3.59. The summed E-state index contributed by atoms with van der Waals surface area (Å²) in [6, 6.07) is 6.25. The smallest absolute Gasteiger partial charge is 0.141 e. The van der Waals surface area contributed by atoms with Gasteiger partial charge in [0.15, 0.2) is 0 Å². The molecule has 0 aliphatic heterocycles. The van der Waals surface area contributed by atoms with E-state index in [0.29, 0.717) is 5.04 Å². The van der Waals surface area contributed by atoms with Crippen LogP contribution in [0.1, 0.15) is 38.2 Å². The van der Waals surface area contributed by atoms with Gasteiger partial charge in [-0.3, -0.25) is 0 Å². The van der Waals surface area contributed by atoms with Crippen molar-refractivity contribution in [2.75, 3.05) is 6.61 Å². The minimum Gasteiger partial charge on any atom is -0.460 e. The maximum absolute atomic E-state index is 6.17. The molecule has 0 aliphatic carbocycles. The zero-order valence-electron chi connectivity index (χ0n) is 13.8. The summed E-state index contributed by atoms with van der Waals surface area (Å²) in [6.45, 7) is 14.3. The van der Waals surface area contributed by atoms with Crippen molar-refractivity contribution in [2.45, 2.75) is 51.9 Å². The Hall–Kier alpha value is -0.583. The van der Waals surface area contributed by atoms with E-state index in [9.17, 15) is 0 Å². The van der Waals surface area contributed by atoms with Gasteiger partial charge >= 0.3 is 0 Å². The molecule has 1 aromatic carbocycles. The van der Waals surface area contributed by atoms with Gasteiger partial charge in [-0.25, -0.2) is 0 Å². The number of para-hydroxylation sites is 1. The highest BCUT2D eigenvalue weighted by Gasteiger charge is 2.25. The summed E-state index contributed by atoms with van der Waals surface area (Å²) in [5.74, 6) is 0.916. The van der Waals surface area contributed by atoms with Gasteiger partial charge in [0.2, 0.25) is 0 Å². The van der Waals surface area contributed by atoms with Crippen LogP contribution in [-0.2, 0) is 4.74 Å². The predicted octanol–water partition coefficient (Wildman–Crippen LogP) is 5.85. The summed E-state index contributed by atoms with van der Waals surface area (Å²) < 4.78 is 13.1. The third-order valence-electron chi connectivity index (χ3n) is 4.55. The summed E-state index contributed by atoms with van der Waals surface area (Å²) in [7, 11) is -0.742. The monoisotopic (exact) mass is 368 g/mol. The highest BCUT2D eigenvalue weighted by Crippen LogP contribution is 2.37. The van der Waals surface area contributed by atoms with E-state index >= 15 is 0 Å². The number of halogens is 1. The van der Waals surface area contributed by atoms with Gasteiger partial charge in [0.25, 0.3) is 0 Å². The van der Waals surface area contributed by atoms with Crippen molar-refractivity contribution in [1.82, 2.24) is 0 Å². The van der Waals surface area contributed by atoms with Crippen molar-refractivity contribution in [3.8, 4) is 0 Å². The number of furan rings is 1. The molecule has 4 heteroatoms. The molecule has 0 spiro atoms. The van der Waals surface area contributed by atoms with Gasteiger partial charge in [-0.05, 0) is 40.9 Å². The highest BCUT2D eigenvalue weighted by molar-refractivity contribution is 9.10. The van der Waals surface area contributed by atoms with Crippen molar-refractivity contribution < 1.29 is 9.15 Å². The van der Waals surface area contributed by atoms with Crippen molar-refractivity contribution in [1.29, 1.82) is 0 Å². The second-order valence-corrected chi connectivity index (χ2v) is 11.5. The topological polar surface area (TPSA) is 22.4 Å². The van der Waals surface area contributed by atoms with Crippen molar-refractivity contribution in [3.63, 3.8) is 0 Å². The van der Waals surface area contributed by atoms with Crippen LogP contribution < -0.4 is 0 Å². The molecular formula is C17H25BrO2Si. The molecule has 1 heterocycles. The average Bonchev–Trinajstić information content (AvgIpc) is 2.72. The summed E-state index contributed by atoms with van der Waals surface area (Å²) in [5, 5.41) is 1.43. The second-order valence-electron chi connectivity index (χ2n) is 6.79. The Kier molecular flexibility index (Phi) is 5.01. The van der Waals surface area contributed by atoms with Gasteiger partial charge in [0.1, 0.15) is 11.3 Å². The Morgan fingerprint density at radius 3 is 2.62 bits per heavy atom. The molecular weight excluding hydrogens is 344 g/mol. The van der Waals surface area contributed by atoms with Crippen molar-refractivity contribution in [3.05, 3.63) is 34.0 Å². The summed E-state index contributed by atoms with van der Waals surface area (Å²) in [6.07, 6.45) is 0.0400. The zero-order chi connectivity index (χ0) is 15.8. The molecule has 2 nitrogen and oxygen atoms in total. The standard InChI is InChI=1S/C17H25BrO2Si/c1-11(19-10-17(3,4)21(5)6)13-8-7-9-14-15(18)12(2)20-16(13)14/h7-9,11,21H,10H2,1-6H3/t11-/m0/s1. The first-order chi connectivity index (χ1) is 9.74. The second kappa shape index (κ2) is 6.27. The molecule has 0 N–H and O–H groups in total. The largest absolute Gasteiger partial charge is 0.460 e. The Balaban J connectivity index is 2.24. The number of ether oxygens (including phenoxy) is 1. The lowest BCUT2D eigenvalue weighted by Gasteiger charge is -2.29. The Labute approximate surface area is 137 Å². The van der Waals surface area contributed by atoms with Crippen LogP contribution in [0.2, 0.25) is 18.1 Å². The van der Waals surface area contributed by atoms with Crippen molar-refractivity contribution >= 4 is 35.7 Å². The van der Waals surface area contributed by atoms with E-state index in [4.69, 9.17) is 9.15 Å². The van der Waals surface area contributed by atoms with Gasteiger partial charge in [-0.1, -0.05) is 39.1 Å². The average molecular weight is 369 g/mol. The molecule has 2 rings (SSSR count). The van der Waals surface area contributed by atoms with Gasteiger partial charge in [0, 0.05) is 26.4 Å². The first-order valence-electron chi connectivity index (χ1n) is 7.53. The Morgan fingerprint density at radius 1 is 1.33 bits per heavy atom. The van der Waals surface area contributed by atoms with E-state index in [1.807, 2.05) is 6.92 Å². The number of aryl methyl sites for hydroxylation is 1. The van der Waals surface area contributed by atoms with Crippen LogP contribution >= 0.6 is 15.9 Å². The molecule has 0 saturated carbocycles. The first kappa shape index (κ1) is 16.8. The van der Waals surface area contributed by atoms with E-state index in [1.165, 1.54) is 0 Å². The molecule has 0 radical (unpaired) electrons. The molecule has 0 aliphatic rings. The third-order valence-corrected chi connectivity index (χ3v) is 8.83. The predicted molar refractivity (Wildman–Crippen MR) is 95.9 cm³/mol. The van der Waals surface area contributed by atoms with E-state index < -0.39 is 8.80 Å². The number of benzene rings is 1. The molecule has 0 fully saturated rings. The highest BCUT2D eigenvalue weighted by atomic mass is 79.9. The maximum atomic E-state index is 6.17. The van der Waals surface area contributed by atoms with Crippen LogP contribution in [0.15, 0.2) is 27.1 Å². The van der Waals surface area contributed by atoms with Gasteiger partial charge in [0.05, 0.1) is 10.6 Å². The van der Waals surface area contributed by atoms with Crippen LogP contribution in [-0.4, -0.2) is 15.4 Å². The molecule has 0 unspecified atom stereocenters. The third kappa shape index (κ3) is 3.43. The molecule has 1 aromatic heterocycles. The van der Waals surface area contributed by atoms with E-state index in [2.05, 4.69) is 68.0 Å². The molecule has 1 atom stereocenters. The number of hydrogen-bond acceptors (Lipinski definition) is 2. The zero-order valence-corrected chi connectivity index (χ0v) is 16.5. The minimum absolute atomic E-state index is 0.0400. The molecule has 2 aromatic rings. The van der Waals surface area contributed by atoms with Crippen LogP contribution in [0.25, 0.3) is 11.0 Å². The van der Waals surface area contributed by atoms with Crippen LogP contribution in [0.3, 0.4) is 0 Å². The Bertz CT molecular complexity index is 631. The molecule has 0 amide bonds. The fraction of sp³-hybridized carbons (Fsp3) is 0.529.